The predicted octanol–water partition coefficient (Wildman–Crippen LogP) is 2.78. The summed E-state index contributed by atoms with van der Waals surface area (Å²) in [5, 5.41) is 1.15. The molecule has 0 aliphatic rings. The third-order valence-corrected chi connectivity index (χ3v) is 4.05. The van der Waals surface area contributed by atoms with Crippen LogP contribution in [0, 0.1) is 0 Å². The molecule has 0 radical (unpaired) electrons. The Morgan fingerprint density at radius 3 is 2.38 bits per heavy atom. The van der Waals surface area contributed by atoms with Crippen LogP contribution < -0.4 is 11.5 Å². The highest BCUT2D eigenvalue weighted by Crippen LogP contribution is 2.27. The fourth-order valence-electron chi connectivity index (χ4n) is 2.80. The molecule has 6 heteroatoms. The number of nitrogens with two attached hydrogens (primary N) is 2. The van der Waals surface area contributed by atoms with Gasteiger partial charge in [-0.15, -0.1) is 0 Å². The molecule has 0 bridgehead atoms. The van der Waals surface area contributed by atoms with Gasteiger partial charge < -0.3 is 16.5 Å². The van der Waals surface area contributed by atoms with E-state index in [1.54, 1.807) is 12.4 Å². The van der Waals surface area contributed by atoms with Crippen LogP contribution in [-0.2, 0) is 6.42 Å². The van der Waals surface area contributed by atoms with E-state index in [0.717, 1.165) is 27.6 Å². The van der Waals surface area contributed by atoms with Gasteiger partial charge in [-0.05, 0) is 23.8 Å². The van der Waals surface area contributed by atoms with E-state index in [0.29, 0.717) is 23.9 Å². The molecule has 4 rings (SSSR count). The summed E-state index contributed by atoms with van der Waals surface area (Å²) in [5.41, 5.74) is 16.1. The van der Waals surface area contributed by atoms with Crippen LogP contribution in [0.5, 0.6) is 0 Å². The fraction of sp³-hybridized carbons (Fsp3) is 0.0556. The normalized spacial score (nSPS) is 11.0. The lowest BCUT2D eigenvalue weighted by atomic mass is 10.0. The third-order valence-electron chi connectivity index (χ3n) is 4.05. The van der Waals surface area contributed by atoms with Crippen molar-refractivity contribution in [1.82, 2.24) is 19.9 Å². The zero-order valence-electron chi connectivity index (χ0n) is 12.9. The number of nitrogens with zero attached hydrogens (tertiary/aromatic N) is 3. The Labute approximate surface area is 138 Å². The minimum absolute atomic E-state index is 0.402. The Morgan fingerprint density at radius 2 is 1.62 bits per heavy atom. The first kappa shape index (κ1) is 14.2. The summed E-state index contributed by atoms with van der Waals surface area (Å²) in [6.07, 6.45) is 5.93. The highest BCUT2D eigenvalue weighted by Gasteiger charge is 2.14. The maximum Gasteiger partial charge on any atom is 0.163 e. The van der Waals surface area contributed by atoms with Crippen molar-refractivity contribution in [3.8, 4) is 11.4 Å². The van der Waals surface area contributed by atoms with Gasteiger partial charge in [0.25, 0.3) is 0 Å². The molecule has 0 saturated carbocycles. The van der Waals surface area contributed by atoms with Crippen molar-refractivity contribution >= 4 is 22.5 Å². The molecule has 0 saturated heterocycles. The minimum atomic E-state index is 0.402. The number of hydrogen-bond acceptors (Lipinski definition) is 5. The van der Waals surface area contributed by atoms with E-state index in [9.17, 15) is 0 Å². The van der Waals surface area contributed by atoms with E-state index < -0.39 is 0 Å². The smallest absolute Gasteiger partial charge is 0.163 e. The van der Waals surface area contributed by atoms with E-state index in [1.165, 1.54) is 0 Å². The molecule has 0 amide bonds. The molecule has 0 fully saturated rings. The second-order valence-electron chi connectivity index (χ2n) is 5.57. The number of nitrogens with one attached hydrogen (secondary N) is 1. The number of aromatic amines is 1. The second kappa shape index (κ2) is 5.66. The number of benzene rings is 1. The average molecular weight is 316 g/mol. The number of aromatic nitrogens is 4. The van der Waals surface area contributed by atoms with Gasteiger partial charge >= 0.3 is 0 Å². The minimum Gasteiger partial charge on any atom is -0.383 e. The second-order valence-corrected chi connectivity index (χ2v) is 5.57. The van der Waals surface area contributed by atoms with Gasteiger partial charge in [-0.2, -0.15) is 0 Å². The lowest BCUT2D eigenvalue weighted by Gasteiger charge is -2.10. The summed E-state index contributed by atoms with van der Waals surface area (Å²) in [6.45, 7) is 0. The first-order valence-corrected chi connectivity index (χ1v) is 7.59. The van der Waals surface area contributed by atoms with Crippen LogP contribution >= 0.6 is 0 Å². The van der Waals surface area contributed by atoms with Crippen molar-refractivity contribution in [2.45, 2.75) is 6.42 Å². The summed E-state index contributed by atoms with van der Waals surface area (Å²) >= 11 is 0. The van der Waals surface area contributed by atoms with Crippen molar-refractivity contribution in [1.29, 1.82) is 0 Å². The first-order chi connectivity index (χ1) is 11.7. The Kier molecular flexibility index (Phi) is 3.35. The lowest BCUT2D eigenvalue weighted by molar-refractivity contribution is 1.10. The van der Waals surface area contributed by atoms with Crippen LogP contribution in [0.1, 0.15) is 11.1 Å². The Bertz CT molecular complexity index is 983. The van der Waals surface area contributed by atoms with Crippen molar-refractivity contribution < 1.29 is 0 Å². The van der Waals surface area contributed by atoms with Gasteiger partial charge in [0.1, 0.15) is 11.6 Å². The summed E-state index contributed by atoms with van der Waals surface area (Å²) in [4.78, 5) is 16.1. The molecule has 4 aromatic rings. The standard InChI is InChI=1S/C18H16N6/c19-16-14(9-12-10-22-15-4-2-1-3-13(12)15)17(20)24-18(23-16)11-5-7-21-8-6-11/h1-8,10,22H,9H2,(H4,19,20,23,24). The largest absolute Gasteiger partial charge is 0.383 e. The van der Waals surface area contributed by atoms with Crippen molar-refractivity contribution in [3.05, 3.63) is 66.1 Å². The van der Waals surface area contributed by atoms with Crippen LogP contribution in [-0.4, -0.2) is 19.9 Å². The Balaban J connectivity index is 1.74. The third kappa shape index (κ3) is 2.44. The van der Waals surface area contributed by atoms with Crippen LogP contribution in [0.15, 0.2) is 55.0 Å². The molecule has 0 unspecified atom stereocenters. The molecular formula is C18H16N6. The summed E-state index contributed by atoms with van der Waals surface area (Å²) in [6, 6.07) is 11.8. The van der Waals surface area contributed by atoms with Gasteiger partial charge in [0, 0.05) is 47.0 Å². The van der Waals surface area contributed by atoms with Gasteiger partial charge in [-0.25, -0.2) is 9.97 Å². The number of fused-ring (bicyclic) bond motifs is 1. The highest BCUT2D eigenvalue weighted by atomic mass is 15.0. The molecule has 0 atom stereocenters. The van der Waals surface area contributed by atoms with E-state index in [2.05, 4.69) is 26.0 Å². The number of H-pyrrole nitrogens is 1. The number of anilines is 2. The quantitative estimate of drug-likeness (QED) is 0.539. The number of nitrogen functional groups attached to an aromatic ring is 2. The Morgan fingerprint density at radius 1 is 0.917 bits per heavy atom. The molecule has 6 nitrogen and oxygen atoms in total. The monoisotopic (exact) mass is 316 g/mol. The number of rotatable bonds is 3. The average Bonchev–Trinajstić information content (AvgIpc) is 3.02. The van der Waals surface area contributed by atoms with Gasteiger partial charge in [-0.3, -0.25) is 4.98 Å². The molecular weight excluding hydrogens is 300 g/mol. The zero-order chi connectivity index (χ0) is 16.5. The Hall–Kier alpha value is -3.41. The number of pyridine rings is 1. The lowest BCUT2D eigenvalue weighted by Crippen LogP contribution is -2.07. The van der Waals surface area contributed by atoms with E-state index >= 15 is 0 Å². The van der Waals surface area contributed by atoms with Gasteiger partial charge in [0.15, 0.2) is 5.82 Å². The van der Waals surface area contributed by atoms with Gasteiger partial charge in [-0.1, -0.05) is 18.2 Å². The highest BCUT2D eigenvalue weighted by molar-refractivity contribution is 5.83. The molecule has 118 valence electrons. The number of para-hydroxylation sites is 1. The summed E-state index contributed by atoms with van der Waals surface area (Å²) < 4.78 is 0. The van der Waals surface area contributed by atoms with Crippen LogP contribution in [0.25, 0.3) is 22.3 Å². The van der Waals surface area contributed by atoms with Crippen molar-refractivity contribution in [2.24, 2.45) is 0 Å². The van der Waals surface area contributed by atoms with Crippen molar-refractivity contribution in [3.63, 3.8) is 0 Å². The summed E-state index contributed by atoms with van der Waals surface area (Å²) in [5.74, 6) is 1.31. The molecule has 5 N–H and O–H groups in total. The fourth-order valence-corrected chi connectivity index (χ4v) is 2.80. The number of hydrogen-bond donors (Lipinski definition) is 3. The van der Waals surface area contributed by atoms with Gasteiger partial charge in [0.05, 0.1) is 0 Å². The van der Waals surface area contributed by atoms with Crippen LogP contribution in [0.3, 0.4) is 0 Å². The molecule has 3 heterocycles. The maximum absolute atomic E-state index is 6.16. The van der Waals surface area contributed by atoms with E-state index in [4.69, 9.17) is 11.5 Å². The molecule has 0 aliphatic carbocycles. The molecule has 0 aliphatic heterocycles. The molecule has 0 spiro atoms. The first-order valence-electron chi connectivity index (χ1n) is 7.59. The van der Waals surface area contributed by atoms with Gasteiger partial charge in [0.2, 0.25) is 0 Å². The van der Waals surface area contributed by atoms with Crippen LogP contribution in [0.2, 0.25) is 0 Å². The molecule has 1 aromatic carbocycles. The van der Waals surface area contributed by atoms with Crippen LogP contribution in [0.4, 0.5) is 11.6 Å². The SMILES string of the molecule is Nc1nc(-c2ccncc2)nc(N)c1Cc1c[nH]c2ccccc12. The molecule has 3 aromatic heterocycles. The topological polar surface area (TPSA) is 106 Å². The van der Waals surface area contributed by atoms with Crippen molar-refractivity contribution in [2.75, 3.05) is 11.5 Å². The van der Waals surface area contributed by atoms with E-state index in [-0.39, 0.29) is 0 Å². The predicted molar refractivity (Wildman–Crippen MR) is 95.2 cm³/mol. The van der Waals surface area contributed by atoms with E-state index in [1.807, 2.05) is 36.5 Å². The molecule has 24 heavy (non-hydrogen) atoms. The summed E-state index contributed by atoms with van der Waals surface area (Å²) in [7, 11) is 0. The maximum atomic E-state index is 6.16. The zero-order valence-corrected chi connectivity index (χ0v) is 12.9.